The van der Waals surface area contributed by atoms with Crippen molar-refractivity contribution in [2.75, 3.05) is 11.5 Å². The Morgan fingerprint density at radius 1 is 1.12 bits per heavy atom. The van der Waals surface area contributed by atoms with Gasteiger partial charge >= 0.3 is 17.7 Å². The van der Waals surface area contributed by atoms with Gasteiger partial charge in [-0.05, 0) is 39.3 Å². The van der Waals surface area contributed by atoms with E-state index in [1.54, 1.807) is 58.0 Å². The molecule has 0 bridgehead atoms. The van der Waals surface area contributed by atoms with Crippen molar-refractivity contribution in [2.45, 2.75) is 46.3 Å². The summed E-state index contributed by atoms with van der Waals surface area (Å²) in [4.78, 5) is 53.1. The van der Waals surface area contributed by atoms with Crippen molar-refractivity contribution < 1.29 is 28.8 Å². The molecule has 0 spiro atoms. The van der Waals surface area contributed by atoms with Crippen molar-refractivity contribution in [1.29, 1.82) is 0 Å². The van der Waals surface area contributed by atoms with Crippen molar-refractivity contribution in [3.8, 4) is 0 Å². The van der Waals surface area contributed by atoms with Crippen molar-refractivity contribution in [3.05, 3.63) is 63.8 Å². The Bertz CT molecular complexity index is 1000. The largest absolute Gasteiger partial charge is 0.460 e. The maximum absolute atomic E-state index is 13.0. The van der Waals surface area contributed by atoms with Gasteiger partial charge in [-0.2, -0.15) is 0 Å². The summed E-state index contributed by atoms with van der Waals surface area (Å²) in [5.41, 5.74) is -0.813. The molecule has 0 N–H and O–H groups in total. The molecule has 1 aromatic heterocycles. The van der Waals surface area contributed by atoms with Gasteiger partial charge in [0, 0.05) is 11.8 Å². The Labute approximate surface area is 185 Å². The number of hydrogen-bond donors (Lipinski definition) is 0. The third-order valence-corrected chi connectivity index (χ3v) is 4.08. The fraction of sp³-hybridized carbons (Fsp3) is 0.364. The highest BCUT2D eigenvalue weighted by Gasteiger charge is 2.33. The fourth-order valence-corrected chi connectivity index (χ4v) is 2.79. The number of anilines is 1. The minimum absolute atomic E-state index is 0.00222. The lowest BCUT2D eigenvalue weighted by atomic mass is 10.1. The highest BCUT2D eigenvalue weighted by Crippen LogP contribution is 2.32. The van der Waals surface area contributed by atoms with Crippen LogP contribution in [0.3, 0.4) is 0 Å². The predicted molar refractivity (Wildman–Crippen MR) is 115 cm³/mol. The summed E-state index contributed by atoms with van der Waals surface area (Å²) in [6.45, 7) is 6.49. The van der Waals surface area contributed by atoms with Gasteiger partial charge in [0.1, 0.15) is 5.60 Å². The molecule has 10 heteroatoms. The number of carbonyl (C=O) groups is 3. The van der Waals surface area contributed by atoms with Gasteiger partial charge < -0.3 is 9.47 Å². The van der Waals surface area contributed by atoms with Crippen molar-refractivity contribution in [2.24, 2.45) is 0 Å². The summed E-state index contributed by atoms with van der Waals surface area (Å²) >= 11 is 0. The molecule has 10 nitrogen and oxygen atoms in total. The zero-order valence-electron chi connectivity index (χ0n) is 18.4. The van der Waals surface area contributed by atoms with E-state index in [2.05, 4.69) is 9.72 Å². The van der Waals surface area contributed by atoms with Crippen LogP contribution in [0, 0.1) is 10.1 Å². The number of amides is 1. The van der Waals surface area contributed by atoms with E-state index in [0.717, 1.165) is 4.90 Å². The molecule has 0 aliphatic rings. The van der Waals surface area contributed by atoms with Crippen molar-refractivity contribution in [3.63, 3.8) is 0 Å². The number of Topliss-reactive ketones (excluding diaryl/α,β-unsaturated/α-hetero) is 1. The second-order valence-electron chi connectivity index (χ2n) is 7.77. The summed E-state index contributed by atoms with van der Waals surface area (Å²) in [6.07, 6.45) is -0.179. The number of carbonyl (C=O) groups excluding carboxylic acids is 3. The number of pyridine rings is 1. The SMILES string of the molecule is CCOC(=O)C(=O)Cc1ccnc(N(Cc2ccccc2)C(=O)OC(C)(C)C)c1[N+](=O)[O-]. The van der Waals surface area contributed by atoms with E-state index in [9.17, 15) is 24.5 Å². The van der Waals surface area contributed by atoms with Crippen molar-refractivity contribution >= 4 is 29.4 Å². The first-order valence-corrected chi connectivity index (χ1v) is 9.90. The molecule has 0 aliphatic carbocycles. The van der Waals surface area contributed by atoms with E-state index in [-0.39, 0.29) is 24.5 Å². The molecule has 170 valence electrons. The van der Waals surface area contributed by atoms with Gasteiger partial charge in [-0.25, -0.2) is 14.6 Å². The summed E-state index contributed by atoms with van der Waals surface area (Å²) in [7, 11) is 0. The maximum Gasteiger partial charge on any atom is 0.416 e. The maximum atomic E-state index is 13.0. The number of esters is 1. The van der Waals surface area contributed by atoms with Gasteiger partial charge in [0.25, 0.3) is 0 Å². The van der Waals surface area contributed by atoms with Gasteiger partial charge in [-0.15, -0.1) is 0 Å². The molecule has 0 saturated heterocycles. The molecule has 1 aromatic carbocycles. The van der Waals surface area contributed by atoms with Crippen LogP contribution in [-0.2, 0) is 32.0 Å². The quantitative estimate of drug-likeness (QED) is 0.262. The summed E-state index contributed by atoms with van der Waals surface area (Å²) in [6, 6.07) is 10.1. The van der Waals surface area contributed by atoms with Crippen LogP contribution in [-0.4, -0.2) is 40.0 Å². The van der Waals surface area contributed by atoms with E-state index >= 15 is 0 Å². The zero-order chi connectivity index (χ0) is 23.9. The Morgan fingerprint density at radius 3 is 2.34 bits per heavy atom. The number of nitrogens with zero attached hydrogens (tertiary/aromatic N) is 3. The van der Waals surface area contributed by atoms with E-state index in [1.165, 1.54) is 12.3 Å². The Kier molecular flexibility index (Phi) is 8.00. The van der Waals surface area contributed by atoms with Gasteiger partial charge in [0.2, 0.25) is 11.6 Å². The van der Waals surface area contributed by atoms with E-state index in [1.807, 2.05) is 0 Å². The summed E-state index contributed by atoms with van der Waals surface area (Å²) < 4.78 is 10.1. The second kappa shape index (κ2) is 10.5. The average Bonchev–Trinajstić information content (AvgIpc) is 2.71. The van der Waals surface area contributed by atoms with Crippen LogP contribution in [0.5, 0.6) is 0 Å². The number of nitro groups is 1. The number of benzene rings is 1. The summed E-state index contributed by atoms with van der Waals surface area (Å²) in [5.74, 6) is -2.32. The zero-order valence-corrected chi connectivity index (χ0v) is 18.4. The highest BCUT2D eigenvalue weighted by molar-refractivity contribution is 6.34. The second-order valence-corrected chi connectivity index (χ2v) is 7.77. The van der Waals surface area contributed by atoms with Crippen LogP contribution in [0.15, 0.2) is 42.6 Å². The van der Waals surface area contributed by atoms with E-state index in [4.69, 9.17) is 4.74 Å². The molecule has 1 heterocycles. The van der Waals surface area contributed by atoms with Crippen molar-refractivity contribution in [1.82, 2.24) is 4.98 Å². The smallest absolute Gasteiger partial charge is 0.416 e. The lowest BCUT2D eigenvalue weighted by molar-refractivity contribution is -0.385. The number of hydrogen-bond acceptors (Lipinski definition) is 8. The molecule has 0 radical (unpaired) electrons. The highest BCUT2D eigenvalue weighted by atomic mass is 16.6. The summed E-state index contributed by atoms with van der Waals surface area (Å²) in [5, 5.41) is 11.9. The molecule has 32 heavy (non-hydrogen) atoms. The minimum atomic E-state index is -1.09. The molecule has 0 unspecified atom stereocenters. The topological polar surface area (TPSA) is 129 Å². The first kappa shape index (κ1) is 24.4. The van der Waals surface area contributed by atoms with E-state index < -0.39 is 40.5 Å². The Hall–Kier alpha value is -3.82. The van der Waals surface area contributed by atoms with Gasteiger partial charge in [0.05, 0.1) is 24.5 Å². The molecule has 0 aliphatic heterocycles. The third-order valence-electron chi connectivity index (χ3n) is 4.08. The third kappa shape index (κ3) is 6.59. The Balaban J connectivity index is 2.54. The van der Waals surface area contributed by atoms with Gasteiger partial charge in [-0.3, -0.25) is 19.8 Å². The number of ketones is 1. The fourth-order valence-electron chi connectivity index (χ4n) is 2.79. The minimum Gasteiger partial charge on any atom is -0.460 e. The Morgan fingerprint density at radius 2 is 1.78 bits per heavy atom. The number of ether oxygens (including phenoxy) is 2. The molecule has 0 atom stereocenters. The first-order chi connectivity index (χ1) is 15.0. The molecule has 0 saturated carbocycles. The molecule has 1 amide bonds. The van der Waals surface area contributed by atoms with Gasteiger partial charge in [0.15, 0.2) is 0 Å². The van der Waals surface area contributed by atoms with Crippen LogP contribution < -0.4 is 4.90 Å². The van der Waals surface area contributed by atoms with Crippen LogP contribution in [0.4, 0.5) is 16.3 Å². The van der Waals surface area contributed by atoms with Crippen LogP contribution >= 0.6 is 0 Å². The lowest BCUT2D eigenvalue weighted by Crippen LogP contribution is -2.37. The van der Waals surface area contributed by atoms with Crippen LogP contribution in [0.2, 0.25) is 0 Å². The lowest BCUT2D eigenvalue weighted by Gasteiger charge is -2.27. The molecular formula is C22H25N3O7. The number of rotatable bonds is 8. The van der Waals surface area contributed by atoms with Crippen LogP contribution in [0.1, 0.15) is 38.8 Å². The predicted octanol–water partition coefficient (Wildman–Crippen LogP) is 3.61. The molecular weight excluding hydrogens is 418 g/mol. The normalized spacial score (nSPS) is 10.9. The molecule has 2 rings (SSSR count). The van der Waals surface area contributed by atoms with E-state index in [0.29, 0.717) is 5.56 Å². The first-order valence-electron chi connectivity index (χ1n) is 9.90. The standard InChI is InChI=1S/C22H25N3O7/c1-5-31-20(27)17(26)13-16-11-12-23-19(18(16)25(29)30)24(21(28)32-22(2,3)4)14-15-9-7-6-8-10-15/h6-12H,5,13-14H2,1-4H3. The molecule has 2 aromatic rings. The molecule has 0 fully saturated rings. The monoisotopic (exact) mass is 443 g/mol. The van der Waals surface area contributed by atoms with Crippen LogP contribution in [0.25, 0.3) is 0 Å². The number of aromatic nitrogens is 1. The average molecular weight is 443 g/mol. The van der Waals surface area contributed by atoms with Gasteiger partial charge in [-0.1, -0.05) is 30.3 Å².